The summed E-state index contributed by atoms with van der Waals surface area (Å²) in [5, 5.41) is 22.3. The number of likely N-dealkylation sites (tertiary alicyclic amines) is 1. The first-order chi connectivity index (χ1) is 16.9. The molecule has 2 aromatic heterocycles. The number of nitrogens with zero attached hydrogens (tertiary/aromatic N) is 3. The molecule has 1 saturated heterocycles. The number of ether oxygens (including phenoxy) is 1. The highest BCUT2D eigenvalue weighted by Crippen LogP contribution is 2.41. The number of carbonyl (C=O) groups is 1. The van der Waals surface area contributed by atoms with Crippen LogP contribution in [0.3, 0.4) is 0 Å². The molecule has 4 rings (SSSR count). The molecule has 3 aromatic rings. The lowest BCUT2D eigenvalue weighted by atomic mass is 9.74. The van der Waals surface area contributed by atoms with Gasteiger partial charge in [-0.05, 0) is 88.5 Å². The number of aliphatic hydroxyl groups is 1. The Morgan fingerprint density at radius 2 is 2.03 bits per heavy atom. The minimum absolute atomic E-state index is 0.308. The SMILES string of the molecule is COc1ccc2ncc(Cl)c(C(O)CCC3(C(=O)O)CCN(CCCc4ccccn4)CC3)c2c1. The van der Waals surface area contributed by atoms with Crippen LogP contribution < -0.4 is 4.74 Å². The number of carboxylic acid groups (broad SMARTS) is 1. The van der Waals surface area contributed by atoms with E-state index in [1.54, 1.807) is 7.11 Å². The number of benzene rings is 1. The number of piperidine rings is 1. The number of hydrogen-bond donors (Lipinski definition) is 2. The summed E-state index contributed by atoms with van der Waals surface area (Å²) < 4.78 is 5.32. The van der Waals surface area contributed by atoms with E-state index in [1.165, 1.54) is 6.20 Å². The number of aromatic nitrogens is 2. The van der Waals surface area contributed by atoms with Gasteiger partial charge in [-0.1, -0.05) is 17.7 Å². The van der Waals surface area contributed by atoms with Crippen LogP contribution in [0.4, 0.5) is 0 Å². The number of carboxylic acids is 1. The van der Waals surface area contributed by atoms with Gasteiger partial charge in [0.15, 0.2) is 0 Å². The Morgan fingerprint density at radius 1 is 1.23 bits per heavy atom. The maximum Gasteiger partial charge on any atom is 0.309 e. The van der Waals surface area contributed by atoms with Crippen LogP contribution in [0.2, 0.25) is 5.02 Å². The van der Waals surface area contributed by atoms with Crippen LogP contribution in [0.5, 0.6) is 5.75 Å². The van der Waals surface area contributed by atoms with E-state index >= 15 is 0 Å². The van der Waals surface area contributed by atoms with Crippen molar-refractivity contribution in [2.75, 3.05) is 26.7 Å². The molecule has 0 amide bonds. The molecular formula is C27H32ClN3O4. The van der Waals surface area contributed by atoms with E-state index < -0.39 is 17.5 Å². The number of halogens is 1. The second-order valence-corrected chi connectivity index (χ2v) is 9.72. The van der Waals surface area contributed by atoms with E-state index in [4.69, 9.17) is 16.3 Å². The zero-order chi connectivity index (χ0) is 24.8. The van der Waals surface area contributed by atoms with Crippen molar-refractivity contribution in [1.82, 2.24) is 14.9 Å². The van der Waals surface area contributed by atoms with Gasteiger partial charge in [-0.15, -0.1) is 0 Å². The molecule has 7 nitrogen and oxygen atoms in total. The summed E-state index contributed by atoms with van der Waals surface area (Å²) >= 11 is 6.43. The van der Waals surface area contributed by atoms with E-state index in [1.807, 2.05) is 42.6 Å². The lowest BCUT2D eigenvalue weighted by molar-refractivity contribution is -0.153. The molecule has 1 fully saturated rings. The van der Waals surface area contributed by atoms with Crippen molar-refractivity contribution < 1.29 is 19.7 Å². The third kappa shape index (κ3) is 5.92. The van der Waals surface area contributed by atoms with Crippen molar-refractivity contribution in [3.63, 3.8) is 0 Å². The first-order valence-corrected chi connectivity index (χ1v) is 12.5. The predicted octanol–water partition coefficient (Wildman–Crippen LogP) is 4.91. The van der Waals surface area contributed by atoms with Crippen LogP contribution in [-0.2, 0) is 11.2 Å². The number of hydrogen-bond acceptors (Lipinski definition) is 6. The topological polar surface area (TPSA) is 95.8 Å². The molecule has 1 aliphatic rings. The molecule has 1 unspecified atom stereocenters. The van der Waals surface area contributed by atoms with Gasteiger partial charge in [0.1, 0.15) is 5.75 Å². The highest BCUT2D eigenvalue weighted by atomic mass is 35.5. The molecule has 35 heavy (non-hydrogen) atoms. The molecule has 1 atom stereocenters. The summed E-state index contributed by atoms with van der Waals surface area (Å²) in [6.45, 7) is 2.40. The van der Waals surface area contributed by atoms with Crippen LogP contribution in [0, 0.1) is 5.41 Å². The summed E-state index contributed by atoms with van der Waals surface area (Å²) in [5.41, 5.74) is 1.52. The molecule has 1 aliphatic heterocycles. The Bertz CT molecular complexity index is 1150. The number of aliphatic hydroxyl groups excluding tert-OH is 1. The van der Waals surface area contributed by atoms with Crippen LogP contribution in [0.1, 0.15) is 49.5 Å². The van der Waals surface area contributed by atoms with Crippen molar-refractivity contribution in [2.24, 2.45) is 5.41 Å². The molecule has 0 spiro atoms. The molecule has 1 aromatic carbocycles. The van der Waals surface area contributed by atoms with Gasteiger partial charge in [0, 0.05) is 29.0 Å². The Labute approximate surface area is 210 Å². The number of aryl methyl sites for hydroxylation is 1. The minimum Gasteiger partial charge on any atom is -0.497 e. The summed E-state index contributed by atoms with van der Waals surface area (Å²) in [5.74, 6) is -0.141. The van der Waals surface area contributed by atoms with E-state index in [0.29, 0.717) is 47.5 Å². The fourth-order valence-corrected chi connectivity index (χ4v) is 5.27. The Hall–Kier alpha value is -2.74. The second kappa shape index (κ2) is 11.3. The maximum atomic E-state index is 12.3. The Morgan fingerprint density at radius 3 is 2.71 bits per heavy atom. The first-order valence-electron chi connectivity index (χ1n) is 12.1. The molecule has 0 saturated carbocycles. The lowest BCUT2D eigenvalue weighted by Crippen LogP contribution is -2.44. The summed E-state index contributed by atoms with van der Waals surface area (Å²) in [6.07, 6.45) is 6.18. The molecule has 0 bridgehead atoms. The zero-order valence-electron chi connectivity index (χ0n) is 20.0. The van der Waals surface area contributed by atoms with Gasteiger partial charge in [0.25, 0.3) is 0 Å². The average molecular weight is 498 g/mol. The fourth-order valence-electron chi connectivity index (χ4n) is 5.00. The van der Waals surface area contributed by atoms with Gasteiger partial charge in [-0.25, -0.2) is 0 Å². The Balaban J connectivity index is 1.38. The number of pyridine rings is 2. The van der Waals surface area contributed by atoms with Crippen molar-refractivity contribution in [3.8, 4) is 5.75 Å². The quantitative estimate of drug-likeness (QED) is 0.411. The van der Waals surface area contributed by atoms with Crippen molar-refractivity contribution in [2.45, 2.75) is 44.6 Å². The Kier molecular flexibility index (Phi) is 8.21. The monoisotopic (exact) mass is 497 g/mol. The normalized spacial score (nSPS) is 16.8. The molecule has 8 heteroatoms. The lowest BCUT2D eigenvalue weighted by Gasteiger charge is -2.39. The number of methoxy groups -OCH3 is 1. The number of rotatable bonds is 10. The smallest absolute Gasteiger partial charge is 0.309 e. The van der Waals surface area contributed by atoms with Crippen LogP contribution in [0.25, 0.3) is 10.9 Å². The highest BCUT2D eigenvalue weighted by Gasteiger charge is 2.41. The largest absolute Gasteiger partial charge is 0.497 e. The molecule has 186 valence electrons. The van der Waals surface area contributed by atoms with E-state index in [-0.39, 0.29) is 0 Å². The van der Waals surface area contributed by atoms with Crippen LogP contribution in [-0.4, -0.2) is 57.8 Å². The van der Waals surface area contributed by atoms with Gasteiger partial charge in [0.2, 0.25) is 0 Å². The van der Waals surface area contributed by atoms with E-state index in [0.717, 1.165) is 43.6 Å². The summed E-state index contributed by atoms with van der Waals surface area (Å²) in [6, 6.07) is 11.4. The van der Waals surface area contributed by atoms with Gasteiger partial charge < -0.3 is 19.8 Å². The van der Waals surface area contributed by atoms with Gasteiger partial charge in [-0.3, -0.25) is 14.8 Å². The number of fused-ring (bicyclic) bond motifs is 1. The van der Waals surface area contributed by atoms with Gasteiger partial charge >= 0.3 is 5.97 Å². The summed E-state index contributed by atoms with van der Waals surface area (Å²) in [7, 11) is 1.58. The molecule has 0 radical (unpaired) electrons. The van der Waals surface area contributed by atoms with E-state index in [2.05, 4.69) is 14.9 Å². The zero-order valence-corrected chi connectivity index (χ0v) is 20.7. The summed E-state index contributed by atoms with van der Waals surface area (Å²) in [4.78, 5) is 23.4. The molecule has 2 N–H and O–H groups in total. The standard InChI is InChI=1S/C27H32ClN3O4/c1-35-20-7-8-23-21(17-20)25(22(28)18-30-23)24(32)9-10-27(26(33)34)11-15-31(16-12-27)14-4-6-19-5-2-3-13-29-19/h2-3,5,7-8,13,17-18,24,32H,4,6,9-12,14-16H2,1H3,(H,33,34). The third-order valence-electron chi connectivity index (χ3n) is 7.20. The van der Waals surface area contributed by atoms with Crippen LogP contribution >= 0.6 is 11.6 Å². The third-order valence-corrected chi connectivity index (χ3v) is 7.50. The highest BCUT2D eigenvalue weighted by molar-refractivity contribution is 6.32. The van der Waals surface area contributed by atoms with Crippen molar-refractivity contribution >= 4 is 28.5 Å². The van der Waals surface area contributed by atoms with Crippen molar-refractivity contribution in [3.05, 3.63) is 65.1 Å². The molecule has 0 aliphatic carbocycles. The minimum atomic E-state index is -0.896. The first kappa shape index (κ1) is 25.4. The maximum absolute atomic E-state index is 12.3. The van der Waals surface area contributed by atoms with Gasteiger partial charge in [0.05, 0.1) is 29.2 Å². The predicted molar refractivity (Wildman–Crippen MR) is 136 cm³/mol. The molecular weight excluding hydrogens is 466 g/mol. The average Bonchev–Trinajstić information content (AvgIpc) is 2.88. The van der Waals surface area contributed by atoms with Gasteiger partial charge in [-0.2, -0.15) is 0 Å². The second-order valence-electron chi connectivity index (χ2n) is 9.31. The number of aliphatic carboxylic acids is 1. The fraction of sp³-hybridized carbons (Fsp3) is 0.444. The van der Waals surface area contributed by atoms with Crippen molar-refractivity contribution in [1.29, 1.82) is 0 Å². The molecule has 3 heterocycles. The van der Waals surface area contributed by atoms with E-state index in [9.17, 15) is 15.0 Å². The van der Waals surface area contributed by atoms with Crippen LogP contribution in [0.15, 0.2) is 48.8 Å².